The van der Waals surface area contributed by atoms with Crippen LogP contribution in [0.25, 0.3) is 0 Å². The highest BCUT2D eigenvalue weighted by atomic mass is 16.2. The van der Waals surface area contributed by atoms with Crippen LogP contribution in [0.5, 0.6) is 0 Å². The second kappa shape index (κ2) is 6.89. The van der Waals surface area contributed by atoms with Gasteiger partial charge in [0.25, 0.3) is 0 Å². The van der Waals surface area contributed by atoms with Crippen molar-refractivity contribution in [3.8, 4) is 0 Å². The van der Waals surface area contributed by atoms with E-state index in [-0.39, 0.29) is 18.0 Å². The van der Waals surface area contributed by atoms with Crippen LogP contribution in [0.4, 0.5) is 0 Å². The molecule has 96 valence electrons. The molecule has 0 fully saturated rings. The van der Waals surface area contributed by atoms with E-state index >= 15 is 0 Å². The SMILES string of the molecule is CC(C)C[C@@H](N)C(=O)N(CC(C)C)C(C)C. The molecule has 0 aliphatic carbocycles. The number of hydrogen-bond donors (Lipinski definition) is 1. The quantitative estimate of drug-likeness (QED) is 0.758. The summed E-state index contributed by atoms with van der Waals surface area (Å²) in [6.45, 7) is 13.3. The molecule has 0 aliphatic rings. The van der Waals surface area contributed by atoms with Gasteiger partial charge >= 0.3 is 0 Å². The number of nitrogens with zero attached hydrogens (tertiary/aromatic N) is 1. The molecule has 0 heterocycles. The van der Waals surface area contributed by atoms with Gasteiger partial charge in [0, 0.05) is 12.6 Å². The van der Waals surface area contributed by atoms with Crippen molar-refractivity contribution in [2.24, 2.45) is 17.6 Å². The molecule has 0 unspecified atom stereocenters. The number of carbonyl (C=O) groups is 1. The molecule has 16 heavy (non-hydrogen) atoms. The lowest BCUT2D eigenvalue weighted by molar-refractivity contribution is -0.135. The Hall–Kier alpha value is -0.570. The molecule has 3 nitrogen and oxygen atoms in total. The maximum absolute atomic E-state index is 12.2. The van der Waals surface area contributed by atoms with Crippen LogP contribution in [-0.2, 0) is 4.79 Å². The normalized spacial score (nSPS) is 13.6. The second-order valence-corrected chi connectivity index (χ2v) is 5.71. The summed E-state index contributed by atoms with van der Waals surface area (Å²) in [6.07, 6.45) is 0.764. The second-order valence-electron chi connectivity index (χ2n) is 5.71. The largest absolute Gasteiger partial charge is 0.339 e. The summed E-state index contributed by atoms with van der Waals surface area (Å²) in [5.74, 6) is 1.04. The van der Waals surface area contributed by atoms with Crippen LogP contribution in [-0.4, -0.2) is 29.4 Å². The molecule has 1 atom stereocenters. The average Bonchev–Trinajstić information content (AvgIpc) is 2.11. The molecular formula is C13H28N2O. The van der Waals surface area contributed by atoms with E-state index in [1.54, 1.807) is 0 Å². The molecule has 0 aliphatic heterocycles. The minimum Gasteiger partial charge on any atom is -0.339 e. The van der Waals surface area contributed by atoms with Crippen molar-refractivity contribution in [2.75, 3.05) is 6.54 Å². The highest BCUT2D eigenvalue weighted by Crippen LogP contribution is 2.10. The van der Waals surface area contributed by atoms with Crippen LogP contribution in [0.1, 0.15) is 48.0 Å². The molecule has 0 saturated carbocycles. The maximum atomic E-state index is 12.2. The Morgan fingerprint density at radius 2 is 1.56 bits per heavy atom. The van der Waals surface area contributed by atoms with E-state index in [0.717, 1.165) is 13.0 Å². The van der Waals surface area contributed by atoms with Gasteiger partial charge in [-0.3, -0.25) is 4.79 Å². The van der Waals surface area contributed by atoms with Gasteiger partial charge in [-0.2, -0.15) is 0 Å². The number of nitrogens with two attached hydrogens (primary N) is 1. The molecule has 0 saturated heterocycles. The Labute approximate surface area is 100 Å². The first kappa shape index (κ1) is 15.4. The minimum absolute atomic E-state index is 0.0948. The molecule has 2 N–H and O–H groups in total. The third kappa shape index (κ3) is 5.50. The number of carbonyl (C=O) groups excluding carboxylic acids is 1. The van der Waals surface area contributed by atoms with Crippen molar-refractivity contribution >= 4 is 5.91 Å². The first-order chi connectivity index (χ1) is 7.25. The molecule has 0 rings (SSSR count). The van der Waals surface area contributed by atoms with Gasteiger partial charge in [-0.25, -0.2) is 0 Å². The molecule has 0 aromatic carbocycles. The Kier molecular flexibility index (Phi) is 6.65. The lowest BCUT2D eigenvalue weighted by atomic mass is 10.0. The number of hydrogen-bond acceptors (Lipinski definition) is 2. The minimum atomic E-state index is -0.346. The third-order valence-electron chi connectivity index (χ3n) is 2.51. The summed E-state index contributed by atoms with van der Waals surface area (Å²) in [4.78, 5) is 14.1. The molecule has 0 aromatic heterocycles. The van der Waals surface area contributed by atoms with Crippen LogP contribution in [0.2, 0.25) is 0 Å². The fraction of sp³-hybridized carbons (Fsp3) is 0.923. The molecule has 0 spiro atoms. The van der Waals surface area contributed by atoms with E-state index in [0.29, 0.717) is 11.8 Å². The van der Waals surface area contributed by atoms with Crippen LogP contribution < -0.4 is 5.73 Å². The van der Waals surface area contributed by atoms with Crippen LogP contribution in [0.15, 0.2) is 0 Å². The van der Waals surface area contributed by atoms with Crippen molar-refractivity contribution in [2.45, 2.75) is 60.0 Å². The smallest absolute Gasteiger partial charge is 0.239 e. The third-order valence-corrected chi connectivity index (χ3v) is 2.51. The van der Waals surface area contributed by atoms with E-state index in [4.69, 9.17) is 5.73 Å². The Morgan fingerprint density at radius 3 is 1.88 bits per heavy atom. The zero-order chi connectivity index (χ0) is 12.9. The van der Waals surface area contributed by atoms with Gasteiger partial charge in [0.15, 0.2) is 0 Å². The number of amides is 1. The summed E-state index contributed by atoms with van der Waals surface area (Å²) in [6, 6.07) is -0.116. The standard InChI is InChI=1S/C13H28N2O/c1-9(2)7-12(14)13(16)15(11(5)6)8-10(3)4/h9-12H,7-8,14H2,1-6H3/t12-/m1/s1. The first-order valence-corrected chi connectivity index (χ1v) is 6.31. The van der Waals surface area contributed by atoms with Gasteiger partial charge in [0.1, 0.15) is 0 Å². The molecule has 1 amide bonds. The fourth-order valence-electron chi connectivity index (χ4n) is 1.77. The summed E-state index contributed by atoms with van der Waals surface area (Å²) < 4.78 is 0. The van der Waals surface area contributed by atoms with Gasteiger partial charge < -0.3 is 10.6 Å². The lowest BCUT2D eigenvalue weighted by Crippen LogP contribution is -2.48. The van der Waals surface area contributed by atoms with Crippen molar-refractivity contribution in [3.63, 3.8) is 0 Å². The Bertz CT molecular complexity index is 212. The topological polar surface area (TPSA) is 46.3 Å². The van der Waals surface area contributed by atoms with Gasteiger partial charge in [0.05, 0.1) is 6.04 Å². The van der Waals surface area contributed by atoms with Crippen LogP contribution in [0.3, 0.4) is 0 Å². The molecule has 3 heteroatoms. The lowest BCUT2D eigenvalue weighted by Gasteiger charge is -2.31. The highest BCUT2D eigenvalue weighted by Gasteiger charge is 2.24. The predicted molar refractivity (Wildman–Crippen MR) is 69.1 cm³/mol. The molecule has 0 aromatic rings. The zero-order valence-electron chi connectivity index (χ0n) is 11.7. The summed E-state index contributed by atoms with van der Waals surface area (Å²) >= 11 is 0. The predicted octanol–water partition coefficient (Wildman–Crippen LogP) is 2.25. The van der Waals surface area contributed by atoms with Gasteiger partial charge in [-0.1, -0.05) is 27.7 Å². The van der Waals surface area contributed by atoms with Crippen molar-refractivity contribution < 1.29 is 4.79 Å². The summed E-state index contributed by atoms with van der Waals surface area (Å²) in [7, 11) is 0. The zero-order valence-corrected chi connectivity index (χ0v) is 11.7. The van der Waals surface area contributed by atoms with Crippen LogP contribution in [0, 0.1) is 11.8 Å². The summed E-state index contributed by atoms with van der Waals surface area (Å²) in [5.41, 5.74) is 5.94. The van der Waals surface area contributed by atoms with Gasteiger partial charge in [-0.15, -0.1) is 0 Å². The highest BCUT2D eigenvalue weighted by molar-refractivity contribution is 5.81. The van der Waals surface area contributed by atoms with Gasteiger partial charge in [0.2, 0.25) is 5.91 Å². The Balaban J connectivity index is 4.48. The van der Waals surface area contributed by atoms with E-state index < -0.39 is 0 Å². The first-order valence-electron chi connectivity index (χ1n) is 6.31. The molecular weight excluding hydrogens is 200 g/mol. The molecule has 0 radical (unpaired) electrons. The molecule has 0 bridgehead atoms. The number of rotatable bonds is 6. The van der Waals surface area contributed by atoms with Crippen molar-refractivity contribution in [3.05, 3.63) is 0 Å². The van der Waals surface area contributed by atoms with Gasteiger partial charge in [-0.05, 0) is 32.1 Å². The van der Waals surface area contributed by atoms with Crippen molar-refractivity contribution in [1.29, 1.82) is 0 Å². The van der Waals surface area contributed by atoms with E-state index in [1.165, 1.54) is 0 Å². The van der Waals surface area contributed by atoms with E-state index in [2.05, 4.69) is 27.7 Å². The average molecular weight is 228 g/mol. The Morgan fingerprint density at radius 1 is 1.06 bits per heavy atom. The maximum Gasteiger partial charge on any atom is 0.239 e. The van der Waals surface area contributed by atoms with E-state index in [1.807, 2.05) is 18.7 Å². The monoisotopic (exact) mass is 228 g/mol. The summed E-state index contributed by atoms with van der Waals surface area (Å²) in [5, 5.41) is 0. The fourth-order valence-corrected chi connectivity index (χ4v) is 1.77. The van der Waals surface area contributed by atoms with Crippen molar-refractivity contribution in [1.82, 2.24) is 4.90 Å². The van der Waals surface area contributed by atoms with Crippen LogP contribution >= 0.6 is 0 Å². The van der Waals surface area contributed by atoms with E-state index in [9.17, 15) is 4.79 Å².